The SMILES string of the molecule is Cn1c(SCC(=O)NN=Cc2cc(Br)ccc2O)nnc1-c1cccc([N+](=O)[O-])c1. The first-order valence-electron chi connectivity index (χ1n) is 8.42. The van der Waals surface area contributed by atoms with Crippen LogP contribution in [0.3, 0.4) is 0 Å². The average Bonchev–Trinajstić information content (AvgIpc) is 3.09. The molecule has 0 aliphatic heterocycles. The van der Waals surface area contributed by atoms with Gasteiger partial charge in [0.15, 0.2) is 11.0 Å². The van der Waals surface area contributed by atoms with Gasteiger partial charge in [-0.2, -0.15) is 5.10 Å². The number of carbonyl (C=O) groups is 1. The summed E-state index contributed by atoms with van der Waals surface area (Å²) in [5.74, 6) is 0.150. The molecule has 0 aliphatic rings. The van der Waals surface area contributed by atoms with Gasteiger partial charge in [-0.25, -0.2) is 5.43 Å². The van der Waals surface area contributed by atoms with Crippen molar-refractivity contribution in [1.29, 1.82) is 0 Å². The van der Waals surface area contributed by atoms with E-state index in [1.54, 1.807) is 35.9 Å². The van der Waals surface area contributed by atoms with E-state index in [1.165, 1.54) is 24.4 Å². The number of amides is 1. The molecule has 2 aromatic carbocycles. The fourth-order valence-corrected chi connectivity index (χ4v) is 3.50. The monoisotopic (exact) mass is 490 g/mol. The quantitative estimate of drug-likeness (QED) is 0.224. The summed E-state index contributed by atoms with van der Waals surface area (Å²) in [7, 11) is 1.71. The molecular weight excluding hydrogens is 476 g/mol. The molecule has 30 heavy (non-hydrogen) atoms. The van der Waals surface area contributed by atoms with E-state index in [9.17, 15) is 20.0 Å². The van der Waals surface area contributed by atoms with Crippen LogP contribution < -0.4 is 5.43 Å². The zero-order valence-electron chi connectivity index (χ0n) is 15.5. The third kappa shape index (κ3) is 5.21. The van der Waals surface area contributed by atoms with Gasteiger partial charge in [-0.3, -0.25) is 14.9 Å². The highest BCUT2D eigenvalue weighted by molar-refractivity contribution is 9.10. The molecule has 0 fully saturated rings. The van der Waals surface area contributed by atoms with Crippen LogP contribution in [-0.4, -0.2) is 42.7 Å². The van der Waals surface area contributed by atoms with E-state index >= 15 is 0 Å². The number of carbonyl (C=O) groups excluding carboxylic acids is 1. The first-order chi connectivity index (χ1) is 14.3. The molecule has 1 aromatic heterocycles. The van der Waals surface area contributed by atoms with Gasteiger partial charge < -0.3 is 9.67 Å². The number of aromatic nitrogens is 3. The highest BCUT2D eigenvalue weighted by Gasteiger charge is 2.15. The molecule has 0 unspecified atom stereocenters. The Bertz CT molecular complexity index is 1130. The maximum absolute atomic E-state index is 12.0. The number of benzene rings is 2. The van der Waals surface area contributed by atoms with Crippen LogP contribution in [0.1, 0.15) is 5.56 Å². The Morgan fingerprint density at radius 1 is 1.37 bits per heavy atom. The number of halogens is 1. The van der Waals surface area contributed by atoms with E-state index in [2.05, 4.69) is 36.7 Å². The van der Waals surface area contributed by atoms with Gasteiger partial charge >= 0.3 is 0 Å². The van der Waals surface area contributed by atoms with Crippen molar-refractivity contribution in [2.24, 2.45) is 12.1 Å². The number of nitro benzene ring substituents is 1. The Hall–Kier alpha value is -3.25. The van der Waals surface area contributed by atoms with E-state index in [1.807, 2.05) is 0 Å². The molecule has 0 spiro atoms. The lowest BCUT2D eigenvalue weighted by atomic mass is 10.2. The second-order valence-electron chi connectivity index (χ2n) is 5.96. The van der Waals surface area contributed by atoms with Gasteiger partial charge in [0, 0.05) is 34.8 Å². The normalized spacial score (nSPS) is 11.0. The predicted octanol–water partition coefficient (Wildman–Crippen LogP) is 3.10. The first kappa shape index (κ1) is 21.5. The summed E-state index contributed by atoms with van der Waals surface area (Å²) in [4.78, 5) is 22.5. The lowest BCUT2D eigenvalue weighted by Gasteiger charge is -2.04. The van der Waals surface area contributed by atoms with Crippen molar-refractivity contribution in [3.8, 4) is 17.1 Å². The number of hydrazone groups is 1. The third-order valence-corrected chi connectivity index (χ3v) is 5.38. The van der Waals surface area contributed by atoms with E-state index in [4.69, 9.17) is 0 Å². The lowest BCUT2D eigenvalue weighted by molar-refractivity contribution is -0.384. The highest BCUT2D eigenvalue weighted by Crippen LogP contribution is 2.25. The Kier molecular flexibility index (Phi) is 6.79. The predicted molar refractivity (Wildman–Crippen MR) is 115 cm³/mol. The van der Waals surface area contributed by atoms with Crippen molar-refractivity contribution in [2.75, 3.05) is 5.75 Å². The number of phenolic OH excluding ortho intramolecular Hbond substituents is 1. The van der Waals surface area contributed by atoms with Gasteiger partial charge in [0.05, 0.1) is 16.9 Å². The number of aromatic hydroxyl groups is 1. The first-order valence-corrected chi connectivity index (χ1v) is 10.2. The minimum atomic E-state index is -0.478. The number of hydrogen-bond acceptors (Lipinski definition) is 8. The minimum Gasteiger partial charge on any atom is -0.507 e. The number of non-ortho nitro benzene ring substituents is 1. The molecule has 3 aromatic rings. The lowest BCUT2D eigenvalue weighted by Crippen LogP contribution is -2.19. The molecule has 154 valence electrons. The topological polar surface area (TPSA) is 136 Å². The molecule has 2 N–H and O–H groups in total. The molecule has 12 heteroatoms. The Balaban J connectivity index is 1.60. The van der Waals surface area contributed by atoms with E-state index in [-0.39, 0.29) is 23.1 Å². The summed E-state index contributed by atoms with van der Waals surface area (Å²) < 4.78 is 2.42. The number of rotatable bonds is 7. The summed E-state index contributed by atoms with van der Waals surface area (Å²) in [5.41, 5.74) is 3.33. The summed E-state index contributed by atoms with van der Waals surface area (Å²) in [6.07, 6.45) is 1.34. The molecule has 0 radical (unpaired) electrons. The summed E-state index contributed by atoms with van der Waals surface area (Å²) in [6, 6.07) is 10.9. The van der Waals surface area contributed by atoms with Crippen LogP contribution in [0.2, 0.25) is 0 Å². The van der Waals surface area contributed by atoms with E-state index in [0.29, 0.717) is 22.1 Å². The fraction of sp³-hybridized carbons (Fsp3) is 0.111. The van der Waals surface area contributed by atoms with Crippen LogP contribution in [0.5, 0.6) is 5.75 Å². The van der Waals surface area contributed by atoms with Gasteiger partial charge in [-0.15, -0.1) is 10.2 Å². The summed E-state index contributed by atoms with van der Waals surface area (Å²) >= 11 is 4.44. The second kappa shape index (κ2) is 9.50. The molecular formula is C18H15BrN6O4S. The van der Waals surface area contributed by atoms with Crippen molar-refractivity contribution in [3.63, 3.8) is 0 Å². The van der Waals surface area contributed by atoms with Crippen LogP contribution >= 0.6 is 27.7 Å². The fourth-order valence-electron chi connectivity index (χ4n) is 2.42. The van der Waals surface area contributed by atoms with Crippen LogP contribution in [0.4, 0.5) is 5.69 Å². The maximum Gasteiger partial charge on any atom is 0.270 e. The van der Waals surface area contributed by atoms with Crippen molar-refractivity contribution in [2.45, 2.75) is 5.16 Å². The number of thioether (sulfide) groups is 1. The van der Waals surface area contributed by atoms with Crippen LogP contribution in [0, 0.1) is 10.1 Å². The van der Waals surface area contributed by atoms with Gasteiger partial charge in [0.2, 0.25) is 0 Å². The largest absolute Gasteiger partial charge is 0.507 e. The van der Waals surface area contributed by atoms with E-state index < -0.39 is 4.92 Å². The minimum absolute atomic E-state index is 0.0305. The zero-order chi connectivity index (χ0) is 21.7. The van der Waals surface area contributed by atoms with Crippen molar-refractivity contribution in [1.82, 2.24) is 20.2 Å². The summed E-state index contributed by atoms with van der Waals surface area (Å²) in [6.45, 7) is 0. The van der Waals surface area contributed by atoms with Gasteiger partial charge in [-0.1, -0.05) is 39.8 Å². The van der Waals surface area contributed by atoms with Crippen LogP contribution in [0.25, 0.3) is 11.4 Å². The number of nitrogens with zero attached hydrogens (tertiary/aromatic N) is 5. The molecule has 0 aliphatic carbocycles. The Morgan fingerprint density at radius 2 is 2.17 bits per heavy atom. The van der Waals surface area contributed by atoms with Gasteiger partial charge in [-0.05, 0) is 18.2 Å². The van der Waals surface area contributed by atoms with Crippen LogP contribution in [0.15, 0.2) is 57.2 Å². The Labute approximate surface area is 183 Å². The van der Waals surface area contributed by atoms with Gasteiger partial charge in [0.25, 0.3) is 11.6 Å². The van der Waals surface area contributed by atoms with Crippen molar-refractivity contribution >= 4 is 45.5 Å². The summed E-state index contributed by atoms with van der Waals surface area (Å²) in [5, 5.41) is 33.1. The smallest absolute Gasteiger partial charge is 0.270 e. The molecule has 3 rings (SSSR count). The van der Waals surface area contributed by atoms with Crippen LogP contribution in [-0.2, 0) is 11.8 Å². The van der Waals surface area contributed by atoms with Crippen molar-refractivity contribution < 1.29 is 14.8 Å². The number of nitrogens with one attached hydrogen (secondary N) is 1. The Morgan fingerprint density at radius 3 is 2.93 bits per heavy atom. The van der Waals surface area contributed by atoms with E-state index in [0.717, 1.165) is 16.2 Å². The molecule has 10 nitrogen and oxygen atoms in total. The molecule has 0 bridgehead atoms. The second-order valence-corrected chi connectivity index (χ2v) is 7.82. The standard InChI is InChI=1S/C18H15BrN6O4S/c1-24-17(11-3-2-4-14(8-11)25(28)29)22-23-18(24)30-10-16(27)21-20-9-12-7-13(19)5-6-15(12)26/h2-9,26H,10H2,1H3,(H,21,27). The number of nitro groups is 1. The number of hydrogen-bond donors (Lipinski definition) is 2. The molecule has 1 heterocycles. The van der Waals surface area contributed by atoms with Gasteiger partial charge in [0.1, 0.15) is 5.75 Å². The number of phenols is 1. The molecule has 0 saturated heterocycles. The highest BCUT2D eigenvalue weighted by atomic mass is 79.9. The molecule has 0 atom stereocenters. The maximum atomic E-state index is 12.0. The zero-order valence-corrected chi connectivity index (χ0v) is 17.9. The molecule has 0 saturated carbocycles. The molecule has 1 amide bonds. The average molecular weight is 491 g/mol. The third-order valence-electron chi connectivity index (χ3n) is 3.86. The van der Waals surface area contributed by atoms with Crippen molar-refractivity contribution in [3.05, 3.63) is 62.6 Å².